The van der Waals surface area contributed by atoms with Crippen molar-refractivity contribution in [2.24, 2.45) is 0 Å². The van der Waals surface area contributed by atoms with Gasteiger partial charge in [0, 0.05) is 16.5 Å². The second-order valence-corrected chi connectivity index (χ2v) is 9.57. The summed E-state index contributed by atoms with van der Waals surface area (Å²) < 4.78 is 11.1. The second-order valence-electron chi connectivity index (χ2n) is 6.61. The molecule has 4 rings (SSSR count). The maximum atomic E-state index is 13.0. The van der Waals surface area contributed by atoms with Gasteiger partial charge in [-0.1, -0.05) is 41.6 Å². The van der Waals surface area contributed by atoms with Gasteiger partial charge in [0.05, 0.1) is 28.3 Å². The molecule has 3 aromatic rings. The van der Waals surface area contributed by atoms with E-state index in [1.807, 2.05) is 30.5 Å². The van der Waals surface area contributed by atoms with E-state index >= 15 is 0 Å². The van der Waals surface area contributed by atoms with E-state index in [0.29, 0.717) is 31.3 Å². The van der Waals surface area contributed by atoms with E-state index in [2.05, 4.69) is 0 Å². The Bertz CT molecular complexity index is 1270. The van der Waals surface area contributed by atoms with Crippen molar-refractivity contribution < 1.29 is 18.7 Å². The molecular weight excluding hydrogens is 486 g/mol. The van der Waals surface area contributed by atoms with Crippen LogP contribution >= 0.6 is 47.3 Å². The van der Waals surface area contributed by atoms with E-state index in [4.69, 9.17) is 33.0 Å². The smallest absolute Gasteiger partial charge is 0.339 e. The fourth-order valence-electron chi connectivity index (χ4n) is 3.10. The average molecular weight is 502 g/mol. The summed E-state index contributed by atoms with van der Waals surface area (Å²) in [6, 6.07) is 16.1. The molecule has 1 aliphatic heterocycles. The van der Waals surface area contributed by atoms with Crippen LogP contribution in [0.2, 0.25) is 5.02 Å². The summed E-state index contributed by atoms with van der Waals surface area (Å²) in [5.41, 5.74) is 1.65. The number of thiocarbonyl (C=S) groups is 1. The molecular formula is C23H16ClNO4S3. The molecule has 1 fully saturated rings. The van der Waals surface area contributed by atoms with E-state index in [9.17, 15) is 9.59 Å². The lowest BCUT2D eigenvalue weighted by Gasteiger charge is -2.15. The first kappa shape index (κ1) is 22.7. The lowest BCUT2D eigenvalue weighted by atomic mass is 10.1. The number of furan rings is 1. The zero-order valence-corrected chi connectivity index (χ0v) is 20.2. The van der Waals surface area contributed by atoms with Crippen LogP contribution in [-0.4, -0.2) is 29.6 Å². The van der Waals surface area contributed by atoms with Crippen molar-refractivity contribution in [1.82, 2.24) is 0 Å². The Morgan fingerprint density at radius 2 is 2.03 bits per heavy atom. The largest absolute Gasteiger partial charge is 0.465 e. The summed E-state index contributed by atoms with van der Waals surface area (Å²) in [5.74, 6) is 0.294. The Morgan fingerprint density at radius 3 is 2.78 bits per heavy atom. The average Bonchev–Trinajstić information content (AvgIpc) is 3.37. The van der Waals surface area contributed by atoms with E-state index in [0.717, 1.165) is 10.6 Å². The van der Waals surface area contributed by atoms with Crippen LogP contribution in [0.5, 0.6) is 0 Å². The Hall–Kier alpha value is -2.52. The van der Waals surface area contributed by atoms with Crippen LogP contribution in [0.15, 0.2) is 68.8 Å². The van der Waals surface area contributed by atoms with Crippen molar-refractivity contribution in [1.29, 1.82) is 0 Å². The highest BCUT2D eigenvalue weighted by Gasteiger charge is 2.33. The Kier molecular flexibility index (Phi) is 6.76. The SMILES string of the molecule is COC(=O)c1cc(-c2ccc(/C=C3/SC(=S)N(c4cccc(SC)c4)C3=O)o2)ccc1Cl. The Labute approximate surface area is 203 Å². The van der Waals surface area contributed by atoms with Gasteiger partial charge in [-0.3, -0.25) is 9.69 Å². The third-order valence-corrected chi connectivity index (χ3v) is 7.02. The van der Waals surface area contributed by atoms with Gasteiger partial charge in [0.1, 0.15) is 11.5 Å². The number of methoxy groups -OCH3 is 1. The molecule has 1 aliphatic rings. The molecule has 0 spiro atoms. The number of hydrogen-bond acceptors (Lipinski definition) is 7. The lowest BCUT2D eigenvalue weighted by Crippen LogP contribution is -2.27. The van der Waals surface area contributed by atoms with Crippen molar-refractivity contribution in [3.63, 3.8) is 0 Å². The number of benzene rings is 2. The molecule has 1 saturated heterocycles. The first-order valence-corrected chi connectivity index (χ1v) is 12.1. The van der Waals surface area contributed by atoms with Gasteiger partial charge in [0.25, 0.3) is 5.91 Å². The molecule has 2 aromatic carbocycles. The summed E-state index contributed by atoms with van der Waals surface area (Å²) in [7, 11) is 1.30. The minimum atomic E-state index is -0.530. The highest BCUT2D eigenvalue weighted by atomic mass is 35.5. The predicted octanol–water partition coefficient (Wildman–Crippen LogP) is 6.51. The zero-order chi connectivity index (χ0) is 22.8. The second kappa shape index (κ2) is 9.54. The topological polar surface area (TPSA) is 59.8 Å². The predicted molar refractivity (Wildman–Crippen MR) is 134 cm³/mol. The van der Waals surface area contributed by atoms with Crippen LogP contribution in [0.25, 0.3) is 17.4 Å². The van der Waals surface area contributed by atoms with Crippen molar-refractivity contribution in [3.8, 4) is 11.3 Å². The number of rotatable bonds is 5. The van der Waals surface area contributed by atoms with Crippen LogP contribution in [0.3, 0.4) is 0 Å². The van der Waals surface area contributed by atoms with Crippen LogP contribution in [0, 0.1) is 0 Å². The first-order chi connectivity index (χ1) is 15.4. The van der Waals surface area contributed by atoms with Gasteiger partial charge in [-0.05, 0) is 54.8 Å². The molecule has 0 unspecified atom stereocenters. The van der Waals surface area contributed by atoms with Crippen molar-refractivity contribution in [3.05, 3.63) is 75.8 Å². The maximum Gasteiger partial charge on any atom is 0.339 e. The van der Waals surface area contributed by atoms with Crippen LogP contribution in [-0.2, 0) is 9.53 Å². The maximum absolute atomic E-state index is 13.0. The van der Waals surface area contributed by atoms with Gasteiger partial charge in [0.15, 0.2) is 4.32 Å². The molecule has 0 bridgehead atoms. The van der Waals surface area contributed by atoms with E-state index in [-0.39, 0.29) is 11.5 Å². The fraction of sp³-hybridized carbons (Fsp3) is 0.0870. The molecule has 0 saturated carbocycles. The van der Waals surface area contributed by atoms with Gasteiger partial charge in [-0.2, -0.15) is 0 Å². The quantitative estimate of drug-likeness (QED) is 0.171. The number of esters is 1. The van der Waals surface area contributed by atoms with Gasteiger partial charge >= 0.3 is 5.97 Å². The molecule has 0 N–H and O–H groups in total. The molecule has 5 nitrogen and oxygen atoms in total. The fourth-order valence-corrected chi connectivity index (χ4v) is 5.03. The summed E-state index contributed by atoms with van der Waals surface area (Å²) in [6.07, 6.45) is 3.64. The minimum absolute atomic E-state index is 0.198. The van der Waals surface area contributed by atoms with Crippen molar-refractivity contribution in [2.45, 2.75) is 4.90 Å². The number of anilines is 1. The normalized spacial score (nSPS) is 15.0. The zero-order valence-electron chi connectivity index (χ0n) is 17.0. The number of hydrogen-bond donors (Lipinski definition) is 0. The summed E-state index contributed by atoms with van der Waals surface area (Å²) in [6.45, 7) is 0. The molecule has 1 amide bonds. The molecule has 1 aromatic heterocycles. The standard InChI is InChI=1S/C23H16ClNO4S3/c1-28-22(27)17-10-13(6-8-18(17)24)19-9-7-15(29-19)12-20-21(26)25(23(30)32-20)14-4-3-5-16(11-14)31-2/h3-12H,1-2H3/b20-12+. The molecule has 32 heavy (non-hydrogen) atoms. The number of halogens is 1. The monoisotopic (exact) mass is 501 g/mol. The third-order valence-electron chi connectivity index (χ3n) is 4.66. The van der Waals surface area contributed by atoms with Crippen LogP contribution in [0.4, 0.5) is 5.69 Å². The van der Waals surface area contributed by atoms with Gasteiger partial charge in [-0.15, -0.1) is 11.8 Å². The summed E-state index contributed by atoms with van der Waals surface area (Å²) >= 11 is 14.4. The molecule has 2 heterocycles. The highest BCUT2D eigenvalue weighted by molar-refractivity contribution is 8.27. The number of carbonyl (C=O) groups excluding carboxylic acids is 2. The Morgan fingerprint density at radius 1 is 1.22 bits per heavy atom. The molecule has 9 heteroatoms. The summed E-state index contributed by atoms with van der Waals surface area (Å²) in [4.78, 5) is 28.0. The Balaban J connectivity index is 1.60. The van der Waals surface area contributed by atoms with Crippen molar-refractivity contribution in [2.75, 3.05) is 18.3 Å². The highest BCUT2D eigenvalue weighted by Crippen LogP contribution is 2.37. The number of thioether (sulfide) groups is 2. The first-order valence-electron chi connectivity index (χ1n) is 9.31. The number of carbonyl (C=O) groups is 2. The molecule has 162 valence electrons. The van der Waals surface area contributed by atoms with E-state index < -0.39 is 5.97 Å². The molecule has 0 atom stereocenters. The van der Waals surface area contributed by atoms with E-state index in [1.165, 1.54) is 23.8 Å². The minimum Gasteiger partial charge on any atom is -0.465 e. The lowest BCUT2D eigenvalue weighted by molar-refractivity contribution is -0.113. The number of ether oxygens (including phenoxy) is 1. The van der Waals surface area contributed by atoms with Crippen LogP contribution < -0.4 is 4.90 Å². The van der Waals surface area contributed by atoms with Gasteiger partial charge in [0.2, 0.25) is 0 Å². The van der Waals surface area contributed by atoms with Gasteiger partial charge in [-0.25, -0.2) is 4.79 Å². The third kappa shape index (κ3) is 4.49. The van der Waals surface area contributed by atoms with Crippen molar-refractivity contribution >= 4 is 75.3 Å². The van der Waals surface area contributed by atoms with Gasteiger partial charge < -0.3 is 9.15 Å². The summed E-state index contributed by atoms with van der Waals surface area (Å²) in [5, 5.41) is 0.293. The number of amides is 1. The molecule has 0 aliphatic carbocycles. The number of nitrogens with zero attached hydrogens (tertiary/aromatic N) is 1. The molecule has 0 radical (unpaired) electrons. The van der Waals surface area contributed by atoms with Crippen LogP contribution in [0.1, 0.15) is 16.1 Å². The van der Waals surface area contributed by atoms with E-state index in [1.54, 1.807) is 48.2 Å².